The number of halogens is 1. The standard InChI is InChI=1S/C18H21ClN2O2/c1-20-10-11-21(2)18(22)15-4-3-5-17(12-15)23-13-14-6-8-16(19)9-7-14/h3-9,12,20H,10-11,13H2,1-2H3. The molecule has 1 N–H and O–H groups in total. The second-order valence-electron chi connectivity index (χ2n) is 5.27. The first kappa shape index (κ1) is 17.3. The third-order valence-electron chi connectivity index (χ3n) is 3.44. The summed E-state index contributed by atoms with van der Waals surface area (Å²) < 4.78 is 5.76. The predicted molar refractivity (Wildman–Crippen MR) is 93.1 cm³/mol. The quantitative estimate of drug-likeness (QED) is 0.846. The van der Waals surface area contributed by atoms with Crippen LogP contribution in [0.2, 0.25) is 5.02 Å². The van der Waals surface area contributed by atoms with Crippen LogP contribution in [0, 0.1) is 0 Å². The molecule has 122 valence electrons. The molecule has 0 spiro atoms. The average Bonchev–Trinajstić information content (AvgIpc) is 2.58. The Kier molecular flexibility index (Phi) is 6.44. The number of amides is 1. The fourth-order valence-electron chi connectivity index (χ4n) is 2.07. The Morgan fingerprint density at radius 1 is 1.22 bits per heavy atom. The molecule has 0 aliphatic heterocycles. The highest BCUT2D eigenvalue weighted by Crippen LogP contribution is 2.17. The Labute approximate surface area is 142 Å². The van der Waals surface area contributed by atoms with Crippen molar-refractivity contribution in [3.63, 3.8) is 0 Å². The largest absolute Gasteiger partial charge is 0.489 e. The van der Waals surface area contributed by atoms with E-state index in [1.807, 2.05) is 43.4 Å². The minimum absolute atomic E-state index is 0.0165. The fourth-order valence-corrected chi connectivity index (χ4v) is 2.19. The molecule has 0 saturated heterocycles. The van der Waals surface area contributed by atoms with Crippen LogP contribution >= 0.6 is 11.6 Å². The Morgan fingerprint density at radius 2 is 1.96 bits per heavy atom. The van der Waals surface area contributed by atoms with Crippen molar-refractivity contribution in [2.24, 2.45) is 0 Å². The van der Waals surface area contributed by atoms with Gasteiger partial charge in [0.25, 0.3) is 5.91 Å². The second-order valence-corrected chi connectivity index (χ2v) is 5.71. The van der Waals surface area contributed by atoms with Crippen LogP contribution in [0.4, 0.5) is 0 Å². The molecule has 0 saturated carbocycles. The maximum Gasteiger partial charge on any atom is 0.253 e. The van der Waals surface area contributed by atoms with Crippen molar-refractivity contribution < 1.29 is 9.53 Å². The summed E-state index contributed by atoms with van der Waals surface area (Å²) in [6.07, 6.45) is 0. The van der Waals surface area contributed by atoms with Gasteiger partial charge in [0.2, 0.25) is 0 Å². The maximum atomic E-state index is 12.3. The molecule has 0 aliphatic carbocycles. The lowest BCUT2D eigenvalue weighted by Crippen LogP contribution is -2.32. The van der Waals surface area contributed by atoms with E-state index in [4.69, 9.17) is 16.3 Å². The van der Waals surface area contributed by atoms with Crippen LogP contribution in [0.1, 0.15) is 15.9 Å². The molecule has 2 aromatic carbocycles. The molecule has 2 rings (SSSR count). The van der Waals surface area contributed by atoms with E-state index in [9.17, 15) is 4.79 Å². The van der Waals surface area contributed by atoms with Crippen LogP contribution in [-0.2, 0) is 6.61 Å². The lowest BCUT2D eigenvalue weighted by atomic mass is 10.2. The van der Waals surface area contributed by atoms with Crippen LogP contribution in [0.5, 0.6) is 5.75 Å². The molecule has 1 amide bonds. The summed E-state index contributed by atoms with van der Waals surface area (Å²) in [6.45, 7) is 1.85. The first-order chi connectivity index (χ1) is 11.1. The van der Waals surface area contributed by atoms with Crippen molar-refractivity contribution in [2.75, 3.05) is 27.2 Å². The SMILES string of the molecule is CNCCN(C)C(=O)c1cccc(OCc2ccc(Cl)cc2)c1. The maximum absolute atomic E-state index is 12.3. The summed E-state index contributed by atoms with van der Waals surface area (Å²) in [7, 11) is 3.66. The van der Waals surface area contributed by atoms with Crippen molar-refractivity contribution in [3.05, 3.63) is 64.7 Å². The van der Waals surface area contributed by atoms with Crippen molar-refractivity contribution in [1.29, 1.82) is 0 Å². The molecule has 0 atom stereocenters. The van der Waals surface area contributed by atoms with Crippen molar-refractivity contribution in [3.8, 4) is 5.75 Å². The Balaban J connectivity index is 1.98. The molecule has 0 heterocycles. The number of nitrogens with zero attached hydrogens (tertiary/aromatic N) is 1. The van der Waals surface area contributed by atoms with Gasteiger partial charge in [-0.15, -0.1) is 0 Å². The Bertz CT molecular complexity index is 644. The lowest BCUT2D eigenvalue weighted by molar-refractivity contribution is 0.0796. The number of carbonyl (C=O) groups is 1. The zero-order valence-corrected chi connectivity index (χ0v) is 14.1. The number of carbonyl (C=O) groups excluding carboxylic acids is 1. The van der Waals surface area contributed by atoms with Gasteiger partial charge in [0.1, 0.15) is 12.4 Å². The van der Waals surface area contributed by atoms with Crippen molar-refractivity contribution in [1.82, 2.24) is 10.2 Å². The van der Waals surface area contributed by atoms with E-state index in [1.54, 1.807) is 24.1 Å². The van der Waals surface area contributed by atoms with Gasteiger partial charge >= 0.3 is 0 Å². The number of hydrogen-bond donors (Lipinski definition) is 1. The number of benzene rings is 2. The predicted octanol–water partition coefficient (Wildman–Crippen LogP) is 3.21. The molecule has 23 heavy (non-hydrogen) atoms. The van der Waals surface area contributed by atoms with E-state index in [0.29, 0.717) is 29.5 Å². The van der Waals surface area contributed by atoms with Crippen molar-refractivity contribution >= 4 is 17.5 Å². The fraction of sp³-hybridized carbons (Fsp3) is 0.278. The first-order valence-corrected chi connectivity index (χ1v) is 7.85. The first-order valence-electron chi connectivity index (χ1n) is 7.47. The molecule has 0 aromatic heterocycles. The highest BCUT2D eigenvalue weighted by Gasteiger charge is 2.11. The zero-order valence-electron chi connectivity index (χ0n) is 13.4. The molecule has 0 radical (unpaired) electrons. The number of nitrogens with one attached hydrogen (secondary N) is 1. The minimum atomic E-state index is -0.0165. The molecule has 0 fully saturated rings. The minimum Gasteiger partial charge on any atom is -0.489 e. The topological polar surface area (TPSA) is 41.6 Å². The van der Waals surface area contributed by atoms with E-state index in [-0.39, 0.29) is 5.91 Å². The normalized spacial score (nSPS) is 10.4. The van der Waals surface area contributed by atoms with Gasteiger partial charge in [0.15, 0.2) is 0 Å². The van der Waals surface area contributed by atoms with E-state index >= 15 is 0 Å². The number of ether oxygens (including phenoxy) is 1. The summed E-state index contributed by atoms with van der Waals surface area (Å²) in [5.74, 6) is 0.657. The molecule has 0 aliphatic rings. The van der Waals surface area contributed by atoms with Crippen LogP contribution < -0.4 is 10.1 Å². The highest BCUT2D eigenvalue weighted by atomic mass is 35.5. The third-order valence-corrected chi connectivity index (χ3v) is 3.70. The van der Waals surface area contributed by atoms with Crippen LogP contribution in [0.25, 0.3) is 0 Å². The van der Waals surface area contributed by atoms with Gasteiger partial charge in [0, 0.05) is 30.7 Å². The average molecular weight is 333 g/mol. The van der Waals surface area contributed by atoms with Crippen LogP contribution in [-0.4, -0.2) is 38.0 Å². The van der Waals surface area contributed by atoms with Gasteiger partial charge < -0.3 is 15.0 Å². The number of hydrogen-bond acceptors (Lipinski definition) is 3. The summed E-state index contributed by atoms with van der Waals surface area (Å²) in [6, 6.07) is 14.7. The number of likely N-dealkylation sites (N-methyl/N-ethyl adjacent to an activating group) is 2. The molecular formula is C18H21ClN2O2. The van der Waals surface area contributed by atoms with Gasteiger partial charge in [-0.25, -0.2) is 0 Å². The van der Waals surface area contributed by atoms with Gasteiger partial charge in [-0.2, -0.15) is 0 Å². The summed E-state index contributed by atoms with van der Waals surface area (Å²) in [4.78, 5) is 14.0. The summed E-state index contributed by atoms with van der Waals surface area (Å²) in [5.41, 5.74) is 1.65. The molecule has 0 unspecified atom stereocenters. The zero-order chi connectivity index (χ0) is 16.7. The van der Waals surface area contributed by atoms with Gasteiger partial charge in [0.05, 0.1) is 0 Å². The Morgan fingerprint density at radius 3 is 2.65 bits per heavy atom. The number of rotatable bonds is 7. The van der Waals surface area contributed by atoms with Gasteiger partial charge in [-0.1, -0.05) is 29.8 Å². The lowest BCUT2D eigenvalue weighted by Gasteiger charge is -2.17. The molecule has 5 heteroatoms. The van der Waals surface area contributed by atoms with Crippen LogP contribution in [0.3, 0.4) is 0 Å². The van der Waals surface area contributed by atoms with Gasteiger partial charge in [-0.05, 0) is 42.9 Å². The van der Waals surface area contributed by atoms with E-state index in [0.717, 1.165) is 12.1 Å². The molecule has 4 nitrogen and oxygen atoms in total. The monoisotopic (exact) mass is 332 g/mol. The van der Waals surface area contributed by atoms with E-state index in [1.165, 1.54) is 0 Å². The summed E-state index contributed by atoms with van der Waals surface area (Å²) >= 11 is 5.86. The smallest absolute Gasteiger partial charge is 0.253 e. The second kappa shape index (κ2) is 8.56. The van der Waals surface area contributed by atoms with Gasteiger partial charge in [-0.3, -0.25) is 4.79 Å². The highest BCUT2D eigenvalue weighted by molar-refractivity contribution is 6.30. The Hall–Kier alpha value is -2.04. The molecule has 0 bridgehead atoms. The molecular weight excluding hydrogens is 312 g/mol. The molecule has 2 aromatic rings. The van der Waals surface area contributed by atoms with Crippen molar-refractivity contribution in [2.45, 2.75) is 6.61 Å². The third kappa shape index (κ3) is 5.27. The summed E-state index contributed by atoms with van der Waals surface area (Å²) in [5, 5.41) is 3.73. The van der Waals surface area contributed by atoms with E-state index < -0.39 is 0 Å². The van der Waals surface area contributed by atoms with Crippen LogP contribution in [0.15, 0.2) is 48.5 Å². The van der Waals surface area contributed by atoms with E-state index in [2.05, 4.69) is 5.32 Å².